The summed E-state index contributed by atoms with van der Waals surface area (Å²) in [7, 11) is -3.47. The van der Waals surface area contributed by atoms with Crippen LogP contribution in [-0.4, -0.2) is 42.3 Å². The van der Waals surface area contributed by atoms with Gasteiger partial charge in [-0.05, 0) is 49.9 Å². The molecule has 1 aromatic carbocycles. The van der Waals surface area contributed by atoms with Gasteiger partial charge < -0.3 is 9.88 Å². The number of hydrogen-bond donors (Lipinski definition) is 1. The summed E-state index contributed by atoms with van der Waals surface area (Å²) in [5.41, 5.74) is 0.890. The molecule has 1 aliphatic heterocycles. The zero-order valence-corrected chi connectivity index (χ0v) is 18.5. The molecule has 1 N–H and O–H groups in total. The smallest absolute Gasteiger partial charge is 0.243 e. The molecule has 4 rings (SSSR count). The Bertz CT molecular complexity index is 967. The van der Waals surface area contributed by atoms with Crippen LogP contribution < -0.4 is 5.32 Å². The Morgan fingerprint density at radius 3 is 2.30 bits per heavy atom. The minimum absolute atomic E-state index is 0.0284. The summed E-state index contributed by atoms with van der Waals surface area (Å²) in [5, 5.41) is 4.04. The molecule has 0 unspecified atom stereocenters. The van der Waals surface area contributed by atoms with Gasteiger partial charge in [0, 0.05) is 36.2 Å². The Labute approximate surface area is 179 Å². The highest BCUT2D eigenvalue weighted by atomic mass is 32.2. The van der Waals surface area contributed by atoms with E-state index in [4.69, 9.17) is 0 Å². The monoisotopic (exact) mass is 431 g/mol. The van der Waals surface area contributed by atoms with E-state index in [1.54, 1.807) is 16.4 Å². The van der Waals surface area contributed by atoms with Crippen LogP contribution in [0, 0.1) is 0 Å². The number of nitrogens with one attached hydrogen (secondary N) is 1. The van der Waals surface area contributed by atoms with Crippen molar-refractivity contribution in [3.63, 3.8) is 0 Å². The van der Waals surface area contributed by atoms with Gasteiger partial charge in [-0.2, -0.15) is 4.31 Å². The molecule has 1 aliphatic carbocycles. The van der Waals surface area contributed by atoms with Gasteiger partial charge in [0.05, 0.1) is 4.90 Å². The summed E-state index contributed by atoms with van der Waals surface area (Å²) < 4.78 is 29.7. The van der Waals surface area contributed by atoms with Crippen molar-refractivity contribution in [2.75, 3.05) is 13.1 Å². The van der Waals surface area contributed by atoms with Crippen LogP contribution in [0.25, 0.3) is 10.9 Å². The predicted molar refractivity (Wildman–Crippen MR) is 119 cm³/mol. The van der Waals surface area contributed by atoms with Crippen molar-refractivity contribution in [3.8, 4) is 0 Å². The largest absolute Gasteiger partial charge is 0.352 e. The molecule has 7 heteroatoms. The molecule has 1 amide bonds. The first kappa shape index (κ1) is 21.4. The molecule has 0 spiro atoms. The summed E-state index contributed by atoms with van der Waals surface area (Å²) in [6.45, 7) is 1.46. The molecule has 2 heterocycles. The number of amides is 1. The first-order chi connectivity index (χ1) is 14.5. The van der Waals surface area contributed by atoms with Crippen molar-refractivity contribution in [2.24, 2.45) is 0 Å². The van der Waals surface area contributed by atoms with E-state index in [1.165, 1.54) is 25.7 Å². The zero-order valence-electron chi connectivity index (χ0n) is 17.7. The fraction of sp³-hybridized carbons (Fsp3) is 0.609. The molecule has 30 heavy (non-hydrogen) atoms. The second-order valence-corrected chi connectivity index (χ2v) is 10.7. The second kappa shape index (κ2) is 9.52. The Morgan fingerprint density at radius 2 is 1.60 bits per heavy atom. The van der Waals surface area contributed by atoms with Crippen LogP contribution in [0.2, 0.25) is 0 Å². The number of carbonyl (C=O) groups excluding carboxylic acids is 1. The molecule has 164 valence electrons. The van der Waals surface area contributed by atoms with Crippen LogP contribution >= 0.6 is 0 Å². The number of aromatic nitrogens is 1. The number of carbonyl (C=O) groups is 1. The van der Waals surface area contributed by atoms with Crippen LogP contribution in [0.15, 0.2) is 35.4 Å². The Balaban J connectivity index is 1.47. The Kier molecular flexibility index (Phi) is 6.78. The molecule has 6 nitrogen and oxygen atoms in total. The van der Waals surface area contributed by atoms with Crippen LogP contribution in [0.3, 0.4) is 0 Å². The highest BCUT2D eigenvalue weighted by Gasteiger charge is 2.25. The minimum Gasteiger partial charge on any atom is -0.352 e. The zero-order chi connectivity index (χ0) is 21.0. The number of rotatable bonds is 5. The van der Waals surface area contributed by atoms with E-state index >= 15 is 0 Å². The SMILES string of the molecule is O=C(Cn1ccc2cc(S(=O)(=O)N3CCCCCC3)ccc21)NC1CCCCCC1. The molecular weight excluding hydrogens is 398 g/mol. The number of hydrogen-bond acceptors (Lipinski definition) is 3. The van der Waals surface area contributed by atoms with Gasteiger partial charge in [0.2, 0.25) is 15.9 Å². The minimum atomic E-state index is -3.47. The normalized spacial score (nSPS) is 20.0. The summed E-state index contributed by atoms with van der Waals surface area (Å²) in [5.74, 6) is 0.0284. The molecule has 1 aromatic heterocycles. The number of benzene rings is 1. The van der Waals surface area contributed by atoms with E-state index in [2.05, 4.69) is 5.32 Å². The number of nitrogens with zero attached hydrogens (tertiary/aromatic N) is 2. The molecule has 0 radical (unpaired) electrons. The quantitative estimate of drug-likeness (QED) is 0.726. The van der Waals surface area contributed by atoms with Crippen molar-refractivity contribution in [1.29, 1.82) is 0 Å². The summed E-state index contributed by atoms with van der Waals surface area (Å²) in [6.07, 6.45) is 12.9. The fourth-order valence-electron chi connectivity index (χ4n) is 4.76. The van der Waals surface area contributed by atoms with Crippen molar-refractivity contribution in [1.82, 2.24) is 14.2 Å². The third-order valence-corrected chi connectivity index (χ3v) is 8.37. The lowest BCUT2D eigenvalue weighted by atomic mass is 10.1. The van der Waals surface area contributed by atoms with Gasteiger partial charge in [-0.3, -0.25) is 4.79 Å². The van der Waals surface area contributed by atoms with Crippen molar-refractivity contribution < 1.29 is 13.2 Å². The van der Waals surface area contributed by atoms with Crippen molar-refractivity contribution >= 4 is 26.8 Å². The van der Waals surface area contributed by atoms with E-state index < -0.39 is 10.0 Å². The second-order valence-electron chi connectivity index (χ2n) is 8.74. The van der Waals surface area contributed by atoms with Gasteiger partial charge >= 0.3 is 0 Å². The molecule has 2 aromatic rings. The lowest BCUT2D eigenvalue weighted by Gasteiger charge is -2.20. The van der Waals surface area contributed by atoms with Gasteiger partial charge in [-0.1, -0.05) is 38.5 Å². The first-order valence-corrected chi connectivity index (χ1v) is 12.9. The van der Waals surface area contributed by atoms with Gasteiger partial charge in [-0.15, -0.1) is 0 Å². The summed E-state index contributed by atoms with van der Waals surface area (Å²) >= 11 is 0. The van der Waals surface area contributed by atoms with Crippen LogP contribution in [0.5, 0.6) is 0 Å². The van der Waals surface area contributed by atoms with Crippen molar-refractivity contribution in [2.45, 2.75) is 81.7 Å². The van der Waals surface area contributed by atoms with Crippen molar-refractivity contribution in [3.05, 3.63) is 30.5 Å². The molecule has 0 atom stereocenters. The third kappa shape index (κ3) is 4.89. The van der Waals surface area contributed by atoms with E-state index in [9.17, 15) is 13.2 Å². The number of fused-ring (bicyclic) bond motifs is 1. The maximum atomic E-state index is 13.1. The first-order valence-electron chi connectivity index (χ1n) is 11.4. The summed E-state index contributed by atoms with van der Waals surface area (Å²) in [4.78, 5) is 12.9. The predicted octanol–water partition coefficient (Wildman–Crippen LogP) is 4.05. The topological polar surface area (TPSA) is 71.4 Å². The van der Waals surface area contributed by atoms with Crippen LogP contribution in [0.4, 0.5) is 0 Å². The summed E-state index contributed by atoms with van der Waals surface area (Å²) in [6, 6.07) is 7.44. The van der Waals surface area contributed by atoms with E-state index in [0.29, 0.717) is 18.0 Å². The van der Waals surface area contributed by atoms with E-state index in [-0.39, 0.29) is 18.5 Å². The fourth-order valence-corrected chi connectivity index (χ4v) is 6.31. The van der Waals surface area contributed by atoms with Gasteiger partial charge in [0.15, 0.2) is 0 Å². The lowest BCUT2D eigenvalue weighted by Crippen LogP contribution is -2.36. The standard InChI is InChI=1S/C23H33N3O3S/c27-23(24-20-9-5-1-2-6-10-20)18-25-16-13-19-17-21(11-12-22(19)25)30(28,29)26-14-7-3-4-8-15-26/h11-13,16-17,20H,1-10,14-15,18H2,(H,24,27). The Morgan fingerprint density at radius 1 is 0.933 bits per heavy atom. The molecule has 2 aliphatic rings. The maximum Gasteiger partial charge on any atom is 0.243 e. The third-order valence-electron chi connectivity index (χ3n) is 6.48. The molecular formula is C23H33N3O3S. The lowest BCUT2D eigenvalue weighted by molar-refractivity contribution is -0.122. The molecule has 0 bridgehead atoms. The van der Waals surface area contributed by atoms with E-state index in [1.807, 2.05) is 22.9 Å². The highest BCUT2D eigenvalue weighted by molar-refractivity contribution is 7.89. The maximum absolute atomic E-state index is 13.1. The number of sulfonamides is 1. The van der Waals surface area contributed by atoms with Crippen LogP contribution in [-0.2, 0) is 21.4 Å². The van der Waals surface area contributed by atoms with Gasteiger partial charge in [0.1, 0.15) is 6.54 Å². The van der Waals surface area contributed by atoms with Gasteiger partial charge in [0.25, 0.3) is 0 Å². The van der Waals surface area contributed by atoms with E-state index in [0.717, 1.165) is 49.4 Å². The molecule has 1 saturated heterocycles. The molecule has 2 fully saturated rings. The van der Waals surface area contributed by atoms with Crippen LogP contribution in [0.1, 0.15) is 64.2 Å². The highest BCUT2D eigenvalue weighted by Crippen LogP contribution is 2.25. The average molecular weight is 432 g/mol. The Hall–Kier alpha value is -1.86. The molecule has 1 saturated carbocycles. The average Bonchev–Trinajstić information content (AvgIpc) is 2.94. The van der Waals surface area contributed by atoms with Gasteiger partial charge in [-0.25, -0.2) is 8.42 Å².